The first-order valence-corrected chi connectivity index (χ1v) is 5.22. The van der Waals surface area contributed by atoms with Crippen molar-refractivity contribution in [3.05, 3.63) is 29.8 Å². The van der Waals surface area contributed by atoms with Gasteiger partial charge in [-0.3, -0.25) is 0 Å². The highest BCUT2D eigenvalue weighted by Gasteiger charge is 2.16. The minimum Gasteiger partial charge on any atom is -0.399 e. The number of anilines is 1. The largest absolute Gasteiger partial charge is 0.399 e. The molecule has 0 amide bonds. The molecule has 0 aliphatic carbocycles. The summed E-state index contributed by atoms with van der Waals surface area (Å²) >= 11 is 0. The van der Waals surface area contributed by atoms with Crippen LogP contribution in [0.2, 0.25) is 0 Å². The molecule has 0 spiro atoms. The summed E-state index contributed by atoms with van der Waals surface area (Å²) in [5.74, 6) is 0.346. The van der Waals surface area contributed by atoms with E-state index in [9.17, 15) is 5.11 Å². The SMILES string of the molecule is CCC(CC)C(O)c1ccc(N)cc1. The summed E-state index contributed by atoms with van der Waals surface area (Å²) in [6.45, 7) is 4.21. The molecule has 14 heavy (non-hydrogen) atoms. The summed E-state index contributed by atoms with van der Waals surface area (Å²) in [4.78, 5) is 0. The summed E-state index contributed by atoms with van der Waals surface area (Å²) in [6, 6.07) is 7.47. The second kappa shape index (κ2) is 5.01. The maximum Gasteiger partial charge on any atom is 0.0818 e. The number of benzene rings is 1. The molecular formula is C12H19NO. The molecular weight excluding hydrogens is 174 g/mol. The minimum atomic E-state index is -0.356. The van der Waals surface area contributed by atoms with Gasteiger partial charge in [0.05, 0.1) is 6.10 Å². The zero-order chi connectivity index (χ0) is 10.6. The van der Waals surface area contributed by atoms with Crippen molar-refractivity contribution in [1.29, 1.82) is 0 Å². The number of nitrogens with two attached hydrogens (primary N) is 1. The third-order valence-corrected chi connectivity index (χ3v) is 2.77. The average molecular weight is 193 g/mol. The second-order valence-electron chi connectivity index (χ2n) is 3.69. The van der Waals surface area contributed by atoms with Gasteiger partial charge in [0.1, 0.15) is 0 Å². The van der Waals surface area contributed by atoms with E-state index < -0.39 is 0 Å². The Morgan fingerprint density at radius 2 is 1.64 bits per heavy atom. The van der Waals surface area contributed by atoms with E-state index in [-0.39, 0.29) is 6.10 Å². The van der Waals surface area contributed by atoms with E-state index in [2.05, 4.69) is 13.8 Å². The van der Waals surface area contributed by atoms with Gasteiger partial charge in [-0.1, -0.05) is 38.8 Å². The Kier molecular flexibility index (Phi) is 3.96. The Bertz CT molecular complexity index is 264. The molecule has 0 heterocycles. The molecule has 0 saturated heterocycles. The Balaban J connectivity index is 2.77. The van der Waals surface area contributed by atoms with Gasteiger partial charge in [-0.05, 0) is 23.6 Å². The fraction of sp³-hybridized carbons (Fsp3) is 0.500. The molecule has 1 rings (SSSR count). The monoisotopic (exact) mass is 193 g/mol. The second-order valence-corrected chi connectivity index (χ2v) is 3.69. The van der Waals surface area contributed by atoms with Gasteiger partial charge in [-0.2, -0.15) is 0 Å². The maximum atomic E-state index is 10.0. The van der Waals surface area contributed by atoms with Gasteiger partial charge in [-0.25, -0.2) is 0 Å². The molecule has 0 bridgehead atoms. The van der Waals surface area contributed by atoms with Gasteiger partial charge in [-0.15, -0.1) is 0 Å². The van der Waals surface area contributed by atoms with Crippen LogP contribution in [0.1, 0.15) is 38.4 Å². The Morgan fingerprint density at radius 3 is 2.07 bits per heavy atom. The molecule has 0 aliphatic rings. The maximum absolute atomic E-state index is 10.0. The van der Waals surface area contributed by atoms with Crippen molar-refractivity contribution in [3.8, 4) is 0 Å². The van der Waals surface area contributed by atoms with Gasteiger partial charge in [0.25, 0.3) is 0 Å². The Morgan fingerprint density at radius 1 is 1.14 bits per heavy atom. The quantitative estimate of drug-likeness (QED) is 0.722. The van der Waals surface area contributed by atoms with Crippen LogP contribution in [-0.2, 0) is 0 Å². The van der Waals surface area contributed by atoms with Crippen molar-refractivity contribution in [2.45, 2.75) is 32.8 Å². The first-order chi connectivity index (χ1) is 6.69. The number of nitrogen functional groups attached to an aromatic ring is 1. The third-order valence-electron chi connectivity index (χ3n) is 2.77. The summed E-state index contributed by atoms with van der Waals surface area (Å²) < 4.78 is 0. The highest BCUT2D eigenvalue weighted by atomic mass is 16.3. The summed E-state index contributed by atoms with van der Waals surface area (Å²) in [7, 11) is 0. The van der Waals surface area contributed by atoms with E-state index in [1.807, 2.05) is 24.3 Å². The van der Waals surface area contributed by atoms with Crippen LogP contribution in [0.3, 0.4) is 0 Å². The zero-order valence-electron chi connectivity index (χ0n) is 8.90. The first-order valence-electron chi connectivity index (χ1n) is 5.22. The van der Waals surface area contributed by atoms with Crippen LogP contribution in [0.5, 0.6) is 0 Å². The predicted octanol–water partition coefficient (Wildman–Crippen LogP) is 2.74. The summed E-state index contributed by atoms with van der Waals surface area (Å²) in [6.07, 6.45) is 1.65. The summed E-state index contributed by atoms with van der Waals surface area (Å²) in [5.41, 5.74) is 7.29. The lowest BCUT2D eigenvalue weighted by molar-refractivity contribution is 0.103. The van der Waals surface area contributed by atoms with Crippen molar-refractivity contribution in [3.63, 3.8) is 0 Å². The number of aliphatic hydroxyl groups is 1. The van der Waals surface area contributed by atoms with E-state index >= 15 is 0 Å². The van der Waals surface area contributed by atoms with E-state index in [1.165, 1.54) is 0 Å². The number of rotatable bonds is 4. The number of aliphatic hydroxyl groups excluding tert-OH is 1. The molecule has 0 radical (unpaired) electrons. The van der Waals surface area contributed by atoms with Crippen LogP contribution in [0, 0.1) is 5.92 Å². The molecule has 0 aromatic heterocycles. The lowest BCUT2D eigenvalue weighted by Crippen LogP contribution is -2.10. The molecule has 0 aliphatic heterocycles. The fourth-order valence-corrected chi connectivity index (χ4v) is 1.70. The van der Waals surface area contributed by atoms with E-state index in [0.29, 0.717) is 5.92 Å². The topological polar surface area (TPSA) is 46.2 Å². The third kappa shape index (κ3) is 2.48. The number of hydrogen-bond donors (Lipinski definition) is 2. The van der Waals surface area contributed by atoms with E-state index in [1.54, 1.807) is 0 Å². The molecule has 78 valence electrons. The van der Waals surface area contributed by atoms with E-state index in [0.717, 1.165) is 24.1 Å². The van der Waals surface area contributed by atoms with Crippen LogP contribution in [-0.4, -0.2) is 5.11 Å². The molecule has 3 N–H and O–H groups in total. The van der Waals surface area contributed by atoms with Crippen LogP contribution < -0.4 is 5.73 Å². The highest BCUT2D eigenvalue weighted by molar-refractivity contribution is 5.39. The molecule has 0 saturated carbocycles. The smallest absolute Gasteiger partial charge is 0.0818 e. The molecule has 2 heteroatoms. The molecule has 1 atom stereocenters. The van der Waals surface area contributed by atoms with Crippen LogP contribution in [0.4, 0.5) is 5.69 Å². The van der Waals surface area contributed by atoms with Gasteiger partial charge < -0.3 is 10.8 Å². The van der Waals surface area contributed by atoms with Crippen molar-refractivity contribution >= 4 is 5.69 Å². The predicted molar refractivity (Wildman–Crippen MR) is 59.9 cm³/mol. The highest BCUT2D eigenvalue weighted by Crippen LogP contribution is 2.27. The van der Waals surface area contributed by atoms with Crippen molar-refractivity contribution in [2.75, 3.05) is 5.73 Å². The average Bonchev–Trinajstić information content (AvgIpc) is 2.20. The molecule has 1 aromatic carbocycles. The molecule has 1 unspecified atom stereocenters. The lowest BCUT2D eigenvalue weighted by atomic mass is 9.91. The first kappa shape index (κ1) is 11.1. The molecule has 1 aromatic rings. The van der Waals surface area contributed by atoms with Gasteiger partial charge in [0.15, 0.2) is 0 Å². The lowest BCUT2D eigenvalue weighted by Gasteiger charge is -2.20. The van der Waals surface area contributed by atoms with Gasteiger partial charge in [0.2, 0.25) is 0 Å². The minimum absolute atomic E-state index is 0.346. The van der Waals surface area contributed by atoms with Crippen molar-refractivity contribution in [2.24, 2.45) is 5.92 Å². The van der Waals surface area contributed by atoms with Gasteiger partial charge >= 0.3 is 0 Å². The van der Waals surface area contributed by atoms with Crippen LogP contribution >= 0.6 is 0 Å². The van der Waals surface area contributed by atoms with Crippen LogP contribution in [0.15, 0.2) is 24.3 Å². The summed E-state index contributed by atoms with van der Waals surface area (Å²) in [5, 5.41) is 10.0. The number of hydrogen-bond acceptors (Lipinski definition) is 2. The molecule has 0 fully saturated rings. The van der Waals surface area contributed by atoms with Crippen molar-refractivity contribution < 1.29 is 5.11 Å². The Labute approximate surface area is 85.8 Å². The van der Waals surface area contributed by atoms with Crippen molar-refractivity contribution in [1.82, 2.24) is 0 Å². The van der Waals surface area contributed by atoms with Crippen LogP contribution in [0.25, 0.3) is 0 Å². The van der Waals surface area contributed by atoms with E-state index in [4.69, 9.17) is 5.73 Å². The Hall–Kier alpha value is -1.02. The zero-order valence-corrected chi connectivity index (χ0v) is 8.90. The van der Waals surface area contributed by atoms with Gasteiger partial charge in [0, 0.05) is 5.69 Å². The molecule has 2 nitrogen and oxygen atoms in total. The fourth-order valence-electron chi connectivity index (χ4n) is 1.70. The normalized spacial score (nSPS) is 13.1. The standard InChI is InChI=1S/C12H19NO/c1-3-9(4-2)12(14)10-5-7-11(13)8-6-10/h5-9,12,14H,3-4,13H2,1-2H3.